The third-order valence-corrected chi connectivity index (χ3v) is 7.20. The zero-order valence-electron chi connectivity index (χ0n) is 16.4. The molecule has 0 fully saturated rings. The van der Waals surface area contributed by atoms with Crippen LogP contribution in [0.15, 0.2) is 0 Å². The molecule has 0 nitrogen and oxygen atoms in total. The van der Waals surface area contributed by atoms with Crippen molar-refractivity contribution in [2.75, 3.05) is 0 Å². The number of rotatable bonds is 0. The summed E-state index contributed by atoms with van der Waals surface area (Å²) in [4.78, 5) is 0. The third-order valence-electron chi connectivity index (χ3n) is 7.20. The Labute approximate surface area is 145 Å². The van der Waals surface area contributed by atoms with E-state index in [9.17, 15) is 0 Å². The molecular formula is C24H28. The van der Waals surface area contributed by atoms with Gasteiger partial charge in [0.05, 0.1) is 0 Å². The van der Waals surface area contributed by atoms with Crippen LogP contribution in [0.1, 0.15) is 55.6 Å². The Hall–Kier alpha value is -1.82. The maximum absolute atomic E-state index is 2.36. The first kappa shape index (κ1) is 15.7. The van der Waals surface area contributed by atoms with Crippen LogP contribution < -0.4 is 0 Å². The molecule has 0 spiro atoms. The van der Waals surface area contributed by atoms with Crippen molar-refractivity contribution < 1.29 is 0 Å². The number of hydrogen-bond donors (Lipinski definition) is 0. The average molecular weight is 316 g/mol. The summed E-state index contributed by atoms with van der Waals surface area (Å²) in [5.41, 5.74) is 15.2. The summed E-state index contributed by atoms with van der Waals surface area (Å²) in [7, 11) is 0. The molecule has 0 bridgehead atoms. The van der Waals surface area contributed by atoms with E-state index in [1.807, 2.05) is 0 Å². The lowest BCUT2D eigenvalue weighted by atomic mass is 9.82. The van der Waals surface area contributed by atoms with Crippen LogP contribution in [-0.4, -0.2) is 0 Å². The Kier molecular flexibility index (Phi) is 3.17. The van der Waals surface area contributed by atoms with Gasteiger partial charge in [-0.1, -0.05) is 0 Å². The molecule has 124 valence electrons. The highest BCUT2D eigenvalue weighted by atomic mass is 14.3. The molecule has 3 aromatic carbocycles. The van der Waals surface area contributed by atoms with Crippen molar-refractivity contribution in [2.45, 2.75) is 68.2 Å². The largest absolute Gasteiger partial charge is 0.0444 e. The predicted molar refractivity (Wildman–Crippen MR) is 107 cm³/mol. The summed E-state index contributed by atoms with van der Waals surface area (Å²) in [6, 6.07) is 0. The molecule has 1 aliphatic carbocycles. The van der Waals surface area contributed by atoms with Gasteiger partial charge in [-0.2, -0.15) is 0 Å². The molecule has 0 N–H and O–H groups in total. The molecule has 0 aliphatic heterocycles. The SMILES string of the molecule is Cc1c(C)c(C)c2c(c1C)c(C)c1c3c(c(C)c(C)c(C)c32)CC1. The highest BCUT2D eigenvalue weighted by molar-refractivity contribution is 6.17. The van der Waals surface area contributed by atoms with E-state index in [1.54, 1.807) is 21.9 Å². The van der Waals surface area contributed by atoms with Crippen molar-refractivity contribution in [1.29, 1.82) is 0 Å². The third kappa shape index (κ3) is 1.64. The van der Waals surface area contributed by atoms with Crippen LogP contribution >= 0.6 is 0 Å². The minimum absolute atomic E-state index is 1.21. The van der Waals surface area contributed by atoms with E-state index in [0.717, 1.165) is 0 Å². The van der Waals surface area contributed by atoms with Gasteiger partial charge < -0.3 is 0 Å². The minimum atomic E-state index is 1.21. The standard InChI is InChI=1S/C24H28/c1-11-12(2)16(6)22-21(15(11)5)18(8)20-10-9-19-14(4)13(3)17(7)23(22)24(19)20/h9-10H2,1-8H3. The molecule has 0 saturated carbocycles. The Bertz CT molecular complexity index is 1050. The van der Waals surface area contributed by atoms with Gasteiger partial charge in [-0.25, -0.2) is 0 Å². The maximum Gasteiger partial charge on any atom is -0.00647 e. The second-order valence-corrected chi connectivity index (χ2v) is 7.96. The fourth-order valence-electron chi connectivity index (χ4n) is 5.17. The van der Waals surface area contributed by atoms with Crippen LogP contribution in [0, 0.1) is 55.4 Å². The molecule has 0 radical (unpaired) electrons. The van der Waals surface area contributed by atoms with E-state index in [1.165, 1.54) is 68.1 Å². The van der Waals surface area contributed by atoms with E-state index in [-0.39, 0.29) is 0 Å². The van der Waals surface area contributed by atoms with Gasteiger partial charge in [0.15, 0.2) is 0 Å². The van der Waals surface area contributed by atoms with Crippen LogP contribution in [0.4, 0.5) is 0 Å². The molecule has 0 atom stereocenters. The highest BCUT2D eigenvalue weighted by Crippen LogP contribution is 2.46. The highest BCUT2D eigenvalue weighted by Gasteiger charge is 2.26. The van der Waals surface area contributed by atoms with Crippen molar-refractivity contribution >= 4 is 21.5 Å². The monoisotopic (exact) mass is 316 g/mol. The van der Waals surface area contributed by atoms with Crippen LogP contribution in [0.2, 0.25) is 0 Å². The minimum Gasteiger partial charge on any atom is -0.0444 e. The lowest BCUT2D eigenvalue weighted by Gasteiger charge is -2.22. The smallest absolute Gasteiger partial charge is 0.00647 e. The molecule has 4 rings (SSSR count). The number of fused-ring (bicyclic) bond motifs is 2. The Morgan fingerprint density at radius 3 is 1.25 bits per heavy atom. The first-order valence-electron chi connectivity index (χ1n) is 9.21. The molecule has 3 aromatic rings. The van der Waals surface area contributed by atoms with Crippen LogP contribution in [-0.2, 0) is 12.8 Å². The van der Waals surface area contributed by atoms with Gasteiger partial charge in [-0.3, -0.25) is 0 Å². The van der Waals surface area contributed by atoms with E-state index < -0.39 is 0 Å². The van der Waals surface area contributed by atoms with E-state index in [0.29, 0.717) is 0 Å². The lowest BCUT2D eigenvalue weighted by Crippen LogP contribution is -2.01. The molecule has 0 unspecified atom stereocenters. The fraction of sp³-hybridized carbons (Fsp3) is 0.417. The van der Waals surface area contributed by atoms with E-state index in [2.05, 4.69) is 55.4 Å². The topological polar surface area (TPSA) is 0 Å². The van der Waals surface area contributed by atoms with Gasteiger partial charge in [0.2, 0.25) is 0 Å². The van der Waals surface area contributed by atoms with Crippen LogP contribution in [0.3, 0.4) is 0 Å². The Morgan fingerprint density at radius 2 is 0.708 bits per heavy atom. The lowest BCUT2D eigenvalue weighted by molar-refractivity contribution is 1.00. The van der Waals surface area contributed by atoms with E-state index >= 15 is 0 Å². The van der Waals surface area contributed by atoms with E-state index in [4.69, 9.17) is 0 Å². The summed E-state index contributed by atoms with van der Waals surface area (Å²) in [5, 5.41) is 6.18. The summed E-state index contributed by atoms with van der Waals surface area (Å²) >= 11 is 0. The zero-order chi connectivity index (χ0) is 17.5. The zero-order valence-corrected chi connectivity index (χ0v) is 16.4. The van der Waals surface area contributed by atoms with Gasteiger partial charge in [0.25, 0.3) is 0 Å². The molecular weight excluding hydrogens is 288 g/mol. The number of aryl methyl sites for hydroxylation is 6. The summed E-state index contributed by atoms with van der Waals surface area (Å²) in [6.07, 6.45) is 2.43. The molecule has 0 amide bonds. The molecule has 0 aromatic heterocycles. The summed E-state index contributed by atoms with van der Waals surface area (Å²) < 4.78 is 0. The van der Waals surface area contributed by atoms with Crippen molar-refractivity contribution in [2.24, 2.45) is 0 Å². The second kappa shape index (κ2) is 4.85. The quantitative estimate of drug-likeness (QED) is 0.412. The second-order valence-electron chi connectivity index (χ2n) is 7.96. The summed E-state index contributed by atoms with van der Waals surface area (Å²) in [6.45, 7) is 18.6. The number of hydrogen-bond acceptors (Lipinski definition) is 0. The van der Waals surface area contributed by atoms with Crippen molar-refractivity contribution in [3.63, 3.8) is 0 Å². The van der Waals surface area contributed by atoms with Gasteiger partial charge >= 0.3 is 0 Å². The number of benzene rings is 3. The van der Waals surface area contributed by atoms with Gasteiger partial charge in [-0.15, -0.1) is 0 Å². The average Bonchev–Trinajstić information content (AvgIpc) is 3.00. The Morgan fingerprint density at radius 1 is 0.333 bits per heavy atom. The van der Waals surface area contributed by atoms with Crippen LogP contribution in [0.5, 0.6) is 0 Å². The van der Waals surface area contributed by atoms with Gasteiger partial charge in [0, 0.05) is 0 Å². The normalized spacial score (nSPS) is 13.5. The maximum atomic E-state index is 2.36. The molecule has 0 saturated heterocycles. The van der Waals surface area contributed by atoms with Crippen molar-refractivity contribution in [1.82, 2.24) is 0 Å². The molecule has 1 aliphatic rings. The summed E-state index contributed by atoms with van der Waals surface area (Å²) in [5.74, 6) is 0. The first-order valence-corrected chi connectivity index (χ1v) is 9.21. The van der Waals surface area contributed by atoms with Gasteiger partial charge in [0.1, 0.15) is 0 Å². The molecule has 0 heterocycles. The van der Waals surface area contributed by atoms with Crippen molar-refractivity contribution in [3.8, 4) is 0 Å². The van der Waals surface area contributed by atoms with Gasteiger partial charge in [-0.05, 0) is 145 Å². The first-order chi connectivity index (χ1) is 11.3. The molecule has 0 heteroatoms. The molecule has 24 heavy (non-hydrogen) atoms. The Balaban J connectivity index is 2.47. The van der Waals surface area contributed by atoms with Crippen molar-refractivity contribution in [3.05, 3.63) is 55.6 Å². The van der Waals surface area contributed by atoms with Crippen LogP contribution in [0.25, 0.3) is 21.5 Å². The predicted octanol–water partition coefficient (Wildman–Crippen LogP) is 6.56. The fourth-order valence-corrected chi connectivity index (χ4v) is 5.17.